The molecule has 0 aliphatic carbocycles. The molecule has 0 atom stereocenters. The Labute approximate surface area is 155 Å². The Hall–Kier alpha value is -3.60. The summed E-state index contributed by atoms with van der Waals surface area (Å²) in [6.07, 6.45) is 2.93. The minimum Gasteiger partial charge on any atom is -0.359 e. The van der Waals surface area contributed by atoms with Crippen LogP contribution < -0.4 is 10.9 Å². The summed E-state index contributed by atoms with van der Waals surface area (Å²) in [7, 11) is 0. The zero-order valence-electron chi connectivity index (χ0n) is 14.9. The lowest BCUT2D eigenvalue weighted by Crippen LogP contribution is -2.20. The van der Waals surface area contributed by atoms with Gasteiger partial charge in [0.25, 0.3) is 5.56 Å². The molecule has 0 aliphatic rings. The summed E-state index contributed by atoms with van der Waals surface area (Å²) in [5.41, 5.74) is 4.22. The number of fused-ring (bicyclic) bond motifs is 2. The minimum absolute atomic E-state index is 0.217. The number of amides is 1. The van der Waals surface area contributed by atoms with E-state index < -0.39 is 0 Å². The molecule has 4 aromatic rings. The van der Waals surface area contributed by atoms with Crippen LogP contribution in [0, 0.1) is 6.92 Å². The number of pyridine rings is 1. The Morgan fingerprint density at radius 2 is 1.81 bits per heavy atom. The summed E-state index contributed by atoms with van der Waals surface area (Å²) in [6, 6.07) is 17.4. The van der Waals surface area contributed by atoms with E-state index in [1.807, 2.05) is 43.3 Å². The third-order valence-electron chi connectivity index (χ3n) is 4.48. The lowest BCUT2D eigenvalue weighted by atomic mass is 10.1. The first-order chi connectivity index (χ1) is 13.1. The monoisotopic (exact) mass is 357 g/mol. The van der Waals surface area contributed by atoms with E-state index in [0.717, 1.165) is 33.1 Å². The SMILES string of the molecule is Cc1cc2cc(CNC(=O)/C=C/c3cc4ccccc4[nH]c3=O)ccc2[nH]1. The summed E-state index contributed by atoms with van der Waals surface area (Å²) in [5, 5.41) is 4.90. The van der Waals surface area contributed by atoms with Crippen molar-refractivity contribution >= 4 is 33.8 Å². The number of para-hydroxylation sites is 1. The van der Waals surface area contributed by atoms with E-state index in [1.54, 1.807) is 12.1 Å². The molecule has 2 heterocycles. The van der Waals surface area contributed by atoms with E-state index in [2.05, 4.69) is 27.4 Å². The molecular weight excluding hydrogens is 338 g/mol. The molecule has 5 nitrogen and oxygen atoms in total. The normalized spacial score (nSPS) is 11.4. The van der Waals surface area contributed by atoms with Crippen LogP contribution in [0.2, 0.25) is 0 Å². The van der Waals surface area contributed by atoms with Gasteiger partial charge in [0.2, 0.25) is 5.91 Å². The van der Waals surface area contributed by atoms with Gasteiger partial charge >= 0.3 is 0 Å². The van der Waals surface area contributed by atoms with Crippen LogP contribution in [0.15, 0.2) is 65.5 Å². The fraction of sp³-hybridized carbons (Fsp3) is 0.0909. The van der Waals surface area contributed by atoms with E-state index in [4.69, 9.17) is 0 Å². The quantitative estimate of drug-likeness (QED) is 0.488. The van der Waals surface area contributed by atoms with Crippen LogP contribution in [-0.4, -0.2) is 15.9 Å². The van der Waals surface area contributed by atoms with E-state index in [9.17, 15) is 9.59 Å². The van der Waals surface area contributed by atoms with Crippen molar-refractivity contribution in [2.75, 3.05) is 0 Å². The molecule has 0 spiro atoms. The summed E-state index contributed by atoms with van der Waals surface area (Å²) in [6.45, 7) is 2.44. The van der Waals surface area contributed by atoms with Crippen LogP contribution in [0.1, 0.15) is 16.8 Å². The summed E-state index contributed by atoms with van der Waals surface area (Å²) in [4.78, 5) is 30.3. The molecule has 5 heteroatoms. The zero-order chi connectivity index (χ0) is 18.8. The molecule has 0 radical (unpaired) electrons. The second-order valence-corrected chi connectivity index (χ2v) is 6.57. The number of carbonyl (C=O) groups excluding carboxylic acids is 1. The zero-order valence-corrected chi connectivity index (χ0v) is 14.9. The molecule has 0 aliphatic heterocycles. The molecule has 2 aromatic carbocycles. The van der Waals surface area contributed by atoms with Crippen LogP contribution in [-0.2, 0) is 11.3 Å². The third-order valence-corrected chi connectivity index (χ3v) is 4.48. The highest BCUT2D eigenvalue weighted by molar-refractivity contribution is 5.92. The first-order valence-corrected chi connectivity index (χ1v) is 8.75. The van der Waals surface area contributed by atoms with Crippen molar-refractivity contribution in [1.82, 2.24) is 15.3 Å². The van der Waals surface area contributed by atoms with Crippen molar-refractivity contribution in [2.45, 2.75) is 13.5 Å². The highest BCUT2D eigenvalue weighted by atomic mass is 16.1. The van der Waals surface area contributed by atoms with Crippen molar-refractivity contribution in [3.05, 3.63) is 87.8 Å². The third kappa shape index (κ3) is 3.67. The molecule has 0 saturated carbocycles. The van der Waals surface area contributed by atoms with E-state index in [-0.39, 0.29) is 11.5 Å². The maximum atomic E-state index is 12.1. The molecule has 0 saturated heterocycles. The second-order valence-electron chi connectivity index (χ2n) is 6.57. The number of aromatic nitrogens is 2. The van der Waals surface area contributed by atoms with Gasteiger partial charge in [-0.15, -0.1) is 0 Å². The number of hydrogen-bond acceptors (Lipinski definition) is 2. The maximum Gasteiger partial charge on any atom is 0.255 e. The first kappa shape index (κ1) is 16.8. The largest absolute Gasteiger partial charge is 0.359 e. The van der Waals surface area contributed by atoms with Gasteiger partial charge in [-0.05, 0) is 59.7 Å². The van der Waals surface area contributed by atoms with E-state index in [0.29, 0.717) is 12.1 Å². The molecule has 3 N–H and O–H groups in total. The topological polar surface area (TPSA) is 77.8 Å². The fourth-order valence-electron chi connectivity index (χ4n) is 3.14. The molecule has 4 rings (SSSR count). The molecule has 27 heavy (non-hydrogen) atoms. The van der Waals surface area contributed by atoms with Crippen LogP contribution in [0.25, 0.3) is 27.9 Å². The van der Waals surface area contributed by atoms with Gasteiger partial charge in [-0.1, -0.05) is 24.3 Å². The van der Waals surface area contributed by atoms with Gasteiger partial charge in [0.05, 0.1) is 0 Å². The first-order valence-electron chi connectivity index (χ1n) is 8.75. The highest BCUT2D eigenvalue weighted by Gasteiger charge is 2.03. The van der Waals surface area contributed by atoms with Gasteiger partial charge in [-0.25, -0.2) is 0 Å². The number of aromatic amines is 2. The summed E-state index contributed by atoms with van der Waals surface area (Å²) in [5.74, 6) is -0.243. The van der Waals surface area contributed by atoms with Gasteiger partial charge in [-0.2, -0.15) is 0 Å². The van der Waals surface area contributed by atoms with Crippen LogP contribution in [0.4, 0.5) is 0 Å². The Kier molecular flexibility index (Phi) is 4.34. The predicted molar refractivity (Wildman–Crippen MR) is 108 cm³/mol. The molecule has 1 amide bonds. The van der Waals surface area contributed by atoms with Crippen molar-refractivity contribution < 1.29 is 4.79 Å². The van der Waals surface area contributed by atoms with Crippen molar-refractivity contribution in [1.29, 1.82) is 0 Å². The number of nitrogens with one attached hydrogen (secondary N) is 3. The number of H-pyrrole nitrogens is 2. The molecular formula is C22H19N3O2. The van der Waals surface area contributed by atoms with E-state index in [1.165, 1.54) is 6.08 Å². The highest BCUT2D eigenvalue weighted by Crippen LogP contribution is 2.16. The lowest BCUT2D eigenvalue weighted by Gasteiger charge is -2.03. The Morgan fingerprint density at radius 1 is 1.00 bits per heavy atom. The standard InChI is InChI=1S/C22H19N3O2/c1-14-10-18-11-15(6-8-20(18)24-14)13-23-21(26)9-7-17-12-16-4-2-3-5-19(16)25-22(17)27/h2-12,24H,13H2,1H3,(H,23,26)(H,25,27)/b9-7+. The fourth-order valence-corrected chi connectivity index (χ4v) is 3.14. The lowest BCUT2D eigenvalue weighted by molar-refractivity contribution is -0.116. The number of carbonyl (C=O) groups is 1. The van der Waals surface area contributed by atoms with Crippen molar-refractivity contribution in [3.8, 4) is 0 Å². The average Bonchev–Trinajstić information content (AvgIpc) is 3.04. The predicted octanol–water partition coefficient (Wildman–Crippen LogP) is 3.65. The number of rotatable bonds is 4. The van der Waals surface area contributed by atoms with E-state index >= 15 is 0 Å². The molecule has 0 bridgehead atoms. The number of aryl methyl sites for hydroxylation is 1. The Balaban J connectivity index is 1.45. The molecule has 0 fully saturated rings. The number of benzene rings is 2. The van der Waals surface area contributed by atoms with Gasteiger partial charge in [-0.3, -0.25) is 9.59 Å². The smallest absolute Gasteiger partial charge is 0.255 e. The van der Waals surface area contributed by atoms with Crippen LogP contribution in [0.5, 0.6) is 0 Å². The summed E-state index contributed by atoms with van der Waals surface area (Å²) < 4.78 is 0. The van der Waals surface area contributed by atoms with Gasteiger partial charge in [0.1, 0.15) is 0 Å². The summed E-state index contributed by atoms with van der Waals surface area (Å²) >= 11 is 0. The molecule has 0 unspecified atom stereocenters. The van der Waals surface area contributed by atoms with Crippen LogP contribution in [0.3, 0.4) is 0 Å². The van der Waals surface area contributed by atoms with Gasteiger partial charge in [0, 0.05) is 34.9 Å². The minimum atomic E-state index is -0.243. The second kappa shape index (κ2) is 6.96. The number of hydrogen-bond donors (Lipinski definition) is 3. The maximum absolute atomic E-state index is 12.1. The van der Waals surface area contributed by atoms with Crippen LogP contribution >= 0.6 is 0 Å². The Morgan fingerprint density at radius 3 is 2.70 bits per heavy atom. The van der Waals surface area contributed by atoms with Gasteiger partial charge in [0.15, 0.2) is 0 Å². The molecule has 2 aromatic heterocycles. The Bertz CT molecular complexity index is 1230. The van der Waals surface area contributed by atoms with Crippen molar-refractivity contribution in [3.63, 3.8) is 0 Å². The molecule has 134 valence electrons. The van der Waals surface area contributed by atoms with Crippen molar-refractivity contribution in [2.24, 2.45) is 0 Å². The van der Waals surface area contributed by atoms with Gasteiger partial charge < -0.3 is 15.3 Å². The average molecular weight is 357 g/mol.